The fraction of sp³-hybridized carbons (Fsp3) is 0.200. The lowest BCUT2D eigenvalue weighted by Gasteiger charge is -2.28. The summed E-state index contributed by atoms with van der Waals surface area (Å²) in [5, 5.41) is 0.441. The first-order valence-corrected chi connectivity index (χ1v) is 4.77. The second-order valence-corrected chi connectivity index (χ2v) is 3.45. The van der Waals surface area contributed by atoms with Gasteiger partial charge < -0.3 is 9.53 Å². The van der Waals surface area contributed by atoms with E-state index in [-0.39, 0.29) is 19.1 Å². The summed E-state index contributed by atoms with van der Waals surface area (Å²) < 4.78 is 5.20. The Balaban J connectivity index is 2.47. The number of nitrogens with zero attached hydrogens (tertiary/aromatic N) is 1. The van der Waals surface area contributed by atoms with E-state index in [1.165, 1.54) is 4.90 Å². The van der Waals surface area contributed by atoms with Crippen LogP contribution in [0.15, 0.2) is 18.2 Å². The van der Waals surface area contributed by atoms with E-state index in [0.29, 0.717) is 22.7 Å². The lowest BCUT2D eigenvalue weighted by molar-refractivity contribution is -0.122. The number of rotatable bonds is 2. The van der Waals surface area contributed by atoms with Gasteiger partial charge in [-0.2, -0.15) is 0 Å². The number of carbonyl (C=O) groups excluding carboxylic acids is 2. The lowest BCUT2D eigenvalue weighted by atomic mass is 10.2. The molecule has 0 aromatic heterocycles. The number of benzene rings is 1. The van der Waals surface area contributed by atoms with Crippen molar-refractivity contribution < 1.29 is 14.3 Å². The molecule has 0 atom stereocenters. The maximum atomic E-state index is 11.5. The number of para-hydroxylation sites is 1. The molecular weight excluding hydrogens is 218 g/mol. The Morgan fingerprint density at radius 3 is 3.07 bits per heavy atom. The van der Waals surface area contributed by atoms with Crippen molar-refractivity contribution in [3.63, 3.8) is 0 Å². The van der Waals surface area contributed by atoms with Crippen molar-refractivity contribution in [1.29, 1.82) is 0 Å². The quantitative estimate of drug-likeness (QED) is 0.712. The highest BCUT2D eigenvalue weighted by atomic mass is 35.5. The molecule has 4 nitrogen and oxygen atoms in total. The molecule has 0 spiro atoms. The minimum absolute atomic E-state index is 0.0233. The molecule has 0 saturated carbocycles. The number of anilines is 1. The highest BCUT2D eigenvalue weighted by Crippen LogP contribution is 2.37. The van der Waals surface area contributed by atoms with Crippen LogP contribution < -0.4 is 9.64 Å². The predicted octanol–water partition coefficient (Wildman–Crippen LogP) is 1.26. The molecule has 0 saturated heterocycles. The molecule has 15 heavy (non-hydrogen) atoms. The molecule has 0 fully saturated rings. The van der Waals surface area contributed by atoms with Gasteiger partial charge in [0.2, 0.25) is 0 Å². The number of ether oxygens (including phenoxy) is 1. The average molecular weight is 226 g/mol. The molecule has 1 heterocycles. The van der Waals surface area contributed by atoms with Crippen molar-refractivity contribution in [1.82, 2.24) is 0 Å². The maximum absolute atomic E-state index is 11.5. The number of fused-ring (bicyclic) bond motifs is 1. The monoisotopic (exact) mass is 225 g/mol. The third-order valence-electron chi connectivity index (χ3n) is 2.14. The molecule has 0 aliphatic carbocycles. The first kappa shape index (κ1) is 9.98. The van der Waals surface area contributed by atoms with Crippen LogP contribution >= 0.6 is 11.6 Å². The molecule has 0 radical (unpaired) electrons. The highest BCUT2D eigenvalue weighted by molar-refractivity contribution is 6.32. The van der Waals surface area contributed by atoms with Gasteiger partial charge in [0.25, 0.3) is 5.91 Å². The zero-order valence-corrected chi connectivity index (χ0v) is 8.53. The van der Waals surface area contributed by atoms with Crippen molar-refractivity contribution in [3.05, 3.63) is 23.2 Å². The van der Waals surface area contributed by atoms with Gasteiger partial charge in [-0.15, -0.1) is 0 Å². The van der Waals surface area contributed by atoms with Crippen LogP contribution in [0.1, 0.15) is 0 Å². The summed E-state index contributed by atoms with van der Waals surface area (Å²) in [4.78, 5) is 23.3. The van der Waals surface area contributed by atoms with Gasteiger partial charge in [0.1, 0.15) is 6.29 Å². The van der Waals surface area contributed by atoms with Crippen LogP contribution in [0.25, 0.3) is 0 Å². The van der Waals surface area contributed by atoms with Crippen molar-refractivity contribution in [2.75, 3.05) is 18.1 Å². The summed E-state index contributed by atoms with van der Waals surface area (Å²) in [7, 11) is 0. The number of hydrogen-bond donors (Lipinski definition) is 0. The zero-order valence-electron chi connectivity index (χ0n) is 7.77. The van der Waals surface area contributed by atoms with Gasteiger partial charge in [0.15, 0.2) is 12.4 Å². The summed E-state index contributed by atoms with van der Waals surface area (Å²) in [6, 6.07) is 5.08. The fourth-order valence-electron chi connectivity index (χ4n) is 1.47. The SMILES string of the molecule is O=CCN1C(=O)COc2c(Cl)cccc21. The van der Waals surface area contributed by atoms with E-state index in [4.69, 9.17) is 16.3 Å². The Hall–Kier alpha value is -1.55. The van der Waals surface area contributed by atoms with Gasteiger partial charge in [-0.1, -0.05) is 17.7 Å². The summed E-state index contributed by atoms with van der Waals surface area (Å²) in [5.41, 5.74) is 0.547. The molecule has 1 amide bonds. The van der Waals surface area contributed by atoms with E-state index in [1.807, 2.05) is 0 Å². The van der Waals surface area contributed by atoms with Gasteiger partial charge >= 0.3 is 0 Å². The first-order valence-electron chi connectivity index (χ1n) is 4.39. The van der Waals surface area contributed by atoms with Crippen LogP contribution in [0.3, 0.4) is 0 Å². The highest BCUT2D eigenvalue weighted by Gasteiger charge is 2.26. The molecule has 2 rings (SSSR count). The Labute approximate surface area is 91.4 Å². The van der Waals surface area contributed by atoms with Gasteiger partial charge in [0.05, 0.1) is 17.3 Å². The van der Waals surface area contributed by atoms with Gasteiger partial charge in [-0.25, -0.2) is 0 Å². The Bertz CT molecular complexity index is 419. The van der Waals surface area contributed by atoms with Crippen LogP contribution in [0.5, 0.6) is 5.75 Å². The molecular formula is C10H8ClNO3. The van der Waals surface area contributed by atoms with E-state index in [0.717, 1.165) is 0 Å². The summed E-state index contributed by atoms with van der Waals surface area (Å²) in [5.74, 6) is 0.220. The number of aldehydes is 1. The minimum Gasteiger partial charge on any atom is -0.480 e. The zero-order chi connectivity index (χ0) is 10.8. The second-order valence-electron chi connectivity index (χ2n) is 3.05. The molecule has 1 aromatic rings. The van der Waals surface area contributed by atoms with Crippen LogP contribution in [-0.2, 0) is 9.59 Å². The Morgan fingerprint density at radius 2 is 2.33 bits per heavy atom. The molecule has 5 heteroatoms. The number of amides is 1. The number of carbonyl (C=O) groups is 2. The normalized spacial score (nSPS) is 14.5. The average Bonchev–Trinajstić information content (AvgIpc) is 2.23. The smallest absolute Gasteiger partial charge is 0.265 e. The minimum atomic E-state index is -0.239. The fourth-order valence-corrected chi connectivity index (χ4v) is 1.70. The number of hydrogen-bond acceptors (Lipinski definition) is 3. The molecule has 1 aromatic carbocycles. The lowest BCUT2D eigenvalue weighted by Crippen LogP contribution is -2.39. The molecule has 0 bridgehead atoms. The van der Waals surface area contributed by atoms with Crippen LogP contribution in [-0.4, -0.2) is 25.3 Å². The van der Waals surface area contributed by atoms with E-state index in [9.17, 15) is 9.59 Å². The predicted molar refractivity (Wildman–Crippen MR) is 55.4 cm³/mol. The third kappa shape index (κ3) is 1.68. The van der Waals surface area contributed by atoms with E-state index < -0.39 is 0 Å². The van der Waals surface area contributed by atoms with E-state index >= 15 is 0 Å². The first-order chi connectivity index (χ1) is 7.24. The van der Waals surface area contributed by atoms with Crippen LogP contribution in [0, 0.1) is 0 Å². The maximum Gasteiger partial charge on any atom is 0.265 e. The molecule has 0 unspecified atom stereocenters. The van der Waals surface area contributed by atoms with E-state index in [1.54, 1.807) is 18.2 Å². The van der Waals surface area contributed by atoms with Crippen LogP contribution in [0.4, 0.5) is 5.69 Å². The van der Waals surface area contributed by atoms with E-state index in [2.05, 4.69) is 0 Å². The van der Waals surface area contributed by atoms with Gasteiger partial charge in [-0.3, -0.25) is 9.69 Å². The molecule has 78 valence electrons. The van der Waals surface area contributed by atoms with Crippen LogP contribution in [0.2, 0.25) is 5.02 Å². The third-order valence-corrected chi connectivity index (χ3v) is 2.43. The number of halogens is 1. The molecule has 0 N–H and O–H groups in total. The standard InChI is InChI=1S/C10H8ClNO3/c11-7-2-1-3-8-10(7)15-6-9(14)12(8)4-5-13/h1-3,5H,4,6H2. The molecule has 1 aliphatic heterocycles. The second kappa shape index (κ2) is 3.90. The van der Waals surface area contributed by atoms with Crippen molar-refractivity contribution in [2.24, 2.45) is 0 Å². The van der Waals surface area contributed by atoms with Crippen molar-refractivity contribution in [2.45, 2.75) is 0 Å². The topological polar surface area (TPSA) is 46.6 Å². The summed E-state index contributed by atoms with van der Waals surface area (Å²) in [6.45, 7) is -0.0554. The Kier molecular flexibility index (Phi) is 2.60. The summed E-state index contributed by atoms with van der Waals surface area (Å²) in [6.07, 6.45) is 0.675. The summed E-state index contributed by atoms with van der Waals surface area (Å²) >= 11 is 5.90. The van der Waals surface area contributed by atoms with Crippen molar-refractivity contribution >= 4 is 29.5 Å². The van der Waals surface area contributed by atoms with Gasteiger partial charge in [0, 0.05) is 0 Å². The largest absolute Gasteiger partial charge is 0.480 e. The van der Waals surface area contributed by atoms with Crippen molar-refractivity contribution in [3.8, 4) is 5.75 Å². The van der Waals surface area contributed by atoms with Gasteiger partial charge in [-0.05, 0) is 12.1 Å². The molecule has 1 aliphatic rings. The Morgan fingerprint density at radius 1 is 1.53 bits per heavy atom.